The standard InChI is InChI=1S/C17H17ClN4O5S/c1-28(26,27)21(11-13-5-3-2-4-6-13)12-17(23)20-19-10-14-9-15(22(24)25)7-8-16(14)18/h2-10H,11-12H2,1H3,(H,20,23). The molecule has 0 aliphatic rings. The number of hydrazone groups is 1. The predicted molar refractivity (Wildman–Crippen MR) is 106 cm³/mol. The maximum Gasteiger partial charge on any atom is 0.270 e. The third-order valence-electron chi connectivity index (χ3n) is 3.57. The largest absolute Gasteiger partial charge is 0.272 e. The molecule has 1 N–H and O–H groups in total. The van der Waals surface area contributed by atoms with Crippen molar-refractivity contribution in [3.8, 4) is 0 Å². The van der Waals surface area contributed by atoms with Crippen molar-refractivity contribution in [2.45, 2.75) is 6.54 Å². The summed E-state index contributed by atoms with van der Waals surface area (Å²) in [7, 11) is -3.63. The zero-order chi connectivity index (χ0) is 20.7. The monoisotopic (exact) mass is 424 g/mol. The molecular weight excluding hydrogens is 408 g/mol. The second-order valence-corrected chi connectivity index (χ2v) is 8.16. The van der Waals surface area contributed by atoms with Crippen LogP contribution in [0.5, 0.6) is 0 Å². The number of carbonyl (C=O) groups excluding carboxylic acids is 1. The second-order valence-electron chi connectivity index (χ2n) is 5.77. The molecule has 0 fully saturated rings. The number of non-ortho nitro benzene ring substituents is 1. The van der Waals surface area contributed by atoms with E-state index in [2.05, 4.69) is 10.5 Å². The molecule has 28 heavy (non-hydrogen) atoms. The van der Waals surface area contributed by atoms with Gasteiger partial charge in [0.05, 0.1) is 23.9 Å². The summed E-state index contributed by atoms with van der Waals surface area (Å²) < 4.78 is 24.9. The minimum atomic E-state index is -3.63. The fourth-order valence-electron chi connectivity index (χ4n) is 2.19. The van der Waals surface area contributed by atoms with Crippen LogP contribution in [0.25, 0.3) is 0 Å². The Morgan fingerprint density at radius 3 is 2.57 bits per heavy atom. The Balaban J connectivity index is 2.04. The Morgan fingerprint density at radius 2 is 1.96 bits per heavy atom. The molecular formula is C17H17ClN4O5S. The number of carbonyl (C=O) groups is 1. The molecule has 0 bridgehead atoms. The lowest BCUT2D eigenvalue weighted by Crippen LogP contribution is -2.38. The molecule has 0 aromatic heterocycles. The molecule has 0 unspecified atom stereocenters. The molecule has 0 heterocycles. The van der Waals surface area contributed by atoms with Crippen LogP contribution in [-0.2, 0) is 21.4 Å². The Hall–Kier alpha value is -2.82. The molecule has 2 aromatic carbocycles. The number of nitro benzene ring substituents is 1. The van der Waals surface area contributed by atoms with Crippen LogP contribution in [0.1, 0.15) is 11.1 Å². The highest BCUT2D eigenvalue weighted by Crippen LogP contribution is 2.20. The Kier molecular flexibility index (Phi) is 7.21. The first-order chi connectivity index (χ1) is 13.2. The number of nitrogens with one attached hydrogen (secondary N) is 1. The second kappa shape index (κ2) is 9.40. The van der Waals surface area contributed by atoms with Gasteiger partial charge in [0.2, 0.25) is 10.0 Å². The number of benzene rings is 2. The Labute approximate surface area is 166 Å². The van der Waals surface area contributed by atoms with Crippen molar-refractivity contribution in [2.24, 2.45) is 5.10 Å². The molecule has 0 aliphatic carbocycles. The molecule has 0 saturated carbocycles. The number of sulfonamides is 1. The van der Waals surface area contributed by atoms with Crippen LogP contribution in [-0.4, -0.2) is 42.6 Å². The number of nitrogens with zero attached hydrogens (tertiary/aromatic N) is 3. The SMILES string of the molecule is CS(=O)(=O)N(CC(=O)NN=Cc1cc([N+](=O)[O-])ccc1Cl)Cc1ccccc1. The van der Waals surface area contributed by atoms with Gasteiger partial charge in [0.15, 0.2) is 0 Å². The van der Waals surface area contributed by atoms with Crippen molar-refractivity contribution in [3.63, 3.8) is 0 Å². The number of rotatable bonds is 8. The third-order valence-corrected chi connectivity index (χ3v) is 5.11. The minimum Gasteiger partial charge on any atom is -0.272 e. The van der Waals surface area contributed by atoms with Gasteiger partial charge in [0.1, 0.15) is 0 Å². The van der Waals surface area contributed by atoms with Gasteiger partial charge in [-0.1, -0.05) is 41.9 Å². The quantitative estimate of drug-likeness (QED) is 0.395. The Morgan fingerprint density at radius 1 is 1.29 bits per heavy atom. The van der Waals surface area contributed by atoms with Crippen LogP contribution >= 0.6 is 11.6 Å². The Bertz CT molecular complexity index is 996. The lowest BCUT2D eigenvalue weighted by Gasteiger charge is -2.18. The highest BCUT2D eigenvalue weighted by Gasteiger charge is 2.20. The van der Waals surface area contributed by atoms with Crippen molar-refractivity contribution in [1.82, 2.24) is 9.73 Å². The molecule has 0 aliphatic heterocycles. The van der Waals surface area contributed by atoms with E-state index < -0.39 is 27.4 Å². The summed E-state index contributed by atoms with van der Waals surface area (Å²) in [6.45, 7) is -0.402. The van der Waals surface area contributed by atoms with E-state index in [-0.39, 0.29) is 22.8 Å². The number of amides is 1. The summed E-state index contributed by atoms with van der Waals surface area (Å²) in [6.07, 6.45) is 2.16. The van der Waals surface area contributed by atoms with Crippen LogP contribution in [0.15, 0.2) is 53.6 Å². The van der Waals surface area contributed by atoms with E-state index in [4.69, 9.17) is 11.6 Å². The van der Waals surface area contributed by atoms with Crippen molar-refractivity contribution in [2.75, 3.05) is 12.8 Å². The van der Waals surface area contributed by atoms with Crippen LogP contribution in [0.3, 0.4) is 0 Å². The van der Waals surface area contributed by atoms with Gasteiger partial charge in [-0.2, -0.15) is 9.41 Å². The van der Waals surface area contributed by atoms with E-state index in [1.54, 1.807) is 30.3 Å². The van der Waals surface area contributed by atoms with Crippen LogP contribution < -0.4 is 5.43 Å². The van der Waals surface area contributed by atoms with Gasteiger partial charge >= 0.3 is 0 Å². The number of hydrogen-bond donors (Lipinski definition) is 1. The summed E-state index contributed by atoms with van der Waals surface area (Å²) in [5.74, 6) is -0.667. The number of nitro groups is 1. The van der Waals surface area contributed by atoms with E-state index in [9.17, 15) is 23.3 Å². The first-order valence-electron chi connectivity index (χ1n) is 7.91. The van der Waals surface area contributed by atoms with E-state index >= 15 is 0 Å². The fourth-order valence-corrected chi connectivity index (χ4v) is 3.09. The molecule has 0 radical (unpaired) electrons. The lowest BCUT2D eigenvalue weighted by atomic mass is 10.2. The maximum absolute atomic E-state index is 12.1. The molecule has 2 rings (SSSR count). The van der Waals surface area contributed by atoms with Gasteiger partial charge < -0.3 is 0 Å². The average Bonchev–Trinajstić information content (AvgIpc) is 2.62. The van der Waals surface area contributed by atoms with Gasteiger partial charge in [0.25, 0.3) is 11.6 Å². The fraction of sp³-hybridized carbons (Fsp3) is 0.176. The topological polar surface area (TPSA) is 122 Å². The summed E-state index contributed by atoms with van der Waals surface area (Å²) in [6, 6.07) is 12.6. The lowest BCUT2D eigenvalue weighted by molar-refractivity contribution is -0.384. The highest BCUT2D eigenvalue weighted by atomic mass is 35.5. The van der Waals surface area contributed by atoms with Gasteiger partial charge in [-0.25, -0.2) is 13.8 Å². The molecule has 9 nitrogen and oxygen atoms in total. The first kappa shape index (κ1) is 21.5. The van der Waals surface area contributed by atoms with E-state index in [0.717, 1.165) is 22.3 Å². The van der Waals surface area contributed by atoms with Crippen molar-refractivity contribution >= 4 is 39.4 Å². The number of hydrogen-bond acceptors (Lipinski definition) is 6. The normalized spacial score (nSPS) is 11.7. The van der Waals surface area contributed by atoms with Crippen molar-refractivity contribution in [1.29, 1.82) is 0 Å². The molecule has 0 spiro atoms. The van der Waals surface area contributed by atoms with Gasteiger partial charge in [-0.05, 0) is 11.6 Å². The molecule has 148 valence electrons. The smallest absolute Gasteiger partial charge is 0.270 e. The van der Waals surface area contributed by atoms with E-state index in [1.165, 1.54) is 18.2 Å². The molecule has 1 amide bonds. The zero-order valence-electron chi connectivity index (χ0n) is 14.8. The predicted octanol–water partition coefficient (Wildman–Crippen LogP) is 2.16. The maximum atomic E-state index is 12.1. The van der Waals surface area contributed by atoms with Gasteiger partial charge in [-0.15, -0.1) is 0 Å². The van der Waals surface area contributed by atoms with Gasteiger partial charge in [0, 0.05) is 29.3 Å². The molecule has 0 atom stereocenters. The summed E-state index contributed by atoms with van der Waals surface area (Å²) in [5, 5.41) is 14.7. The summed E-state index contributed by atoms with van der Waals surface area (Å²) in [5.41, 5.74) is 2.98. The van der Waals surface area contributed by atoms with Crippen LogP contribution in [0.2, 0.25) is 5.02 Å². The van der Waals surface area contributed by atoms with E-state index in [1.807, 2.05) is 0 Å². The minimum absolute atomic E-state index is 0.0352. The van der Waals surface area contributed by atoms with E-state index in [0.29, 0.717) is 0 Å². The van der Waals surface area contributed by atoms with Crippen molar-refractivity contribution in [3.05, 3.63) is 74.8 Å². The summed E-state index contributed by atoms with van der Waals surface area (Å²) in [4.78, 5) is 22.3. The summed E-state index contributed by atoms with van der Waals surface area (Å²) >= 11 is 5.94. The molecule has 0 saturated heterocycles. The average molecular weight is 425 g/mol. The molecule has 11 heteroatoms. The third kappa shape index (κ3) is 6.41. The highest BCUT2D eigenvalue weighted by molar-refractivity contribution is 7.88. The molecule has 2 aromatic rings. The number of halogens is 1. The van der Waals surface area contributed by atoms with Crippen LogP contribution in [0, 0.1) is 10.1 Å². The van der Waals surface area contributed by atoms with Gasteiger partial charge in [-0.3, -0.25) is 14.9 Å². The van der Waals surface area contributed by atoms with Crippen molar-refractivity contribution < 1.29 is 18.1 Å². The van der Waals surface area contributed by atoms with Crippen LogP contribution in [0.4, 0.5) is 5.69 Å². The first-order valence-corrected chi connectivity index (χ1v) is 10.1. The zero-order valence-corrected chi connectivity index (χ0v) is 16.4.